The molecule has 2 saturated heterocycles. The van der Waals surface area contributed by atoms with Crippen molar-refractivity contribution in [3.8, 4) is 0 Å². The highest BCUT2D eigenvalue weighted by atomic mass is 32.2. The van der Waals surface area contributed by atoms with Gasteiger partial charge in [0.2, 0.25) is 10.0 Å². The summed E-state index contributed by atoms with van der Waals surface area (Å²) in [7, 11) is -3.37. The summed E-state index contributed by atoms with van der Waals surface area (Å²) in [4.78, 5) is 4.88. The van der Waals surface area contributed by atoms with Gasteiger partial charge in [0, 0.05) is 35.4 Å². The van der Waals surface area contributed by atoms with E-state index in [4.69, 9.17) is 4.74 Å². The van der Waals surface area contributed by atoms with Gasteiger partial charge in [0.05, 0.1) is 18.1 Å². The maximum absolute atomic E-state index is 13.2. The second-order valence-corrected chi connectivity index (χ2v) is 10.1. The molecule has 0 N–H and O–H groups in total. The van der Waals surface area contributed by atoms with Crippen LogP contribution in [0.25, 0.3) is 0 Å². The number of hydrogen-bond acceptors (Lipinski definition) is 5. The summed E-state index contributed by atoms with van der Waals surface area (Å²) in [6.07, 6.45) is 3.99. The third-order valence-electron chi connectivity index (χ3n) is 5.04. The Labute approximate surface area is 149 Å². The van der Waals surface area contributed by atoms with Gasteiger partial charge in [-0.1, -0.05) is 6.42 Å². The molecule has 7 heteroatoms. The molecule has 0 radical (unpaired) electrons. The third kappa shape index (κ3) is 4.02. The molecular weight excluding hydrogens is 344 g/mol. The summed E-state index contributed by atoms with van der Waals surface area (Å²) in [5.74, 6) is 0. The Morgan fingerprint density at radius 3 is 2.62 bits per heavy atom. The van der Waals surface area contributed by atoms with Crippen LogP contribution in [-0.4, -0.2) is 63.1 Å². The fourth-order valence-electron chi connectivity index (χ4n) is 3.73. The zero-order valence-electron chi connectivity index (χ0n) is 14.7. The van der Waals surface area contributed by atoms with Crippen LogP contribution in [0.15, 0.2) is 11.0 Å². The molecule has 0 spiro atoms. The Balaban J connectivity index is 1.72. The fourth-order valence-corrected chi connectivity index (χ4v) is 6.97. The highest BCUT2D eigenvalue weighted by Crippen LogP contribution is 2.32. The molecule has 24 heavy (non-hydrogen) atoms. The van der Waals surface area contributed by atoms with Crippen LogP contribution >= 0.6 is 11.3 Å². The van der Waals surface area contributed by atoms with Crippen molar-refractivity contribution in [2.45, 2.75) is 50.5 Å². The molecule has 0 saturated carbocycles. The van der Waals surface area contributed by atoms with E-state index in [0.717, 1.165) is 68.3 Å². The Hall–Kier alpha value is -0.470. The van der Waals surface area contributed by atoms with Gasteiger partial charge in [-0.2, -0.15) is 4.31 Å². The normalized spacial score (nSPS) is 24.3. The van der Waals surface area contributed by atoms with Crippen LogP contribution < -0.4 is 0 Å². The Bertz CT molecular complexity index is 651. The van der Waals surface area contributed by atoms with Gasteiger partial charge >= 0.3 is 0 Å². The van der Waals surface area contributed by atoms with E-state index < -0.39 is 10.0 Å². The highest BCUT2D eigenvalue weighted by molar-refractivity contribution is 7.89. The van der Waals surface area contributed by atoms with Crippen molar-refractivity contribution in [3.05, 3.63) is 15.8 Å². The number of morpholine rings is 1. The van der Waals surface area contributed by atoms with Crippen LogP contribution in [0.3, 0.4) is 0 Å². The molecular formula is C17H28N2O3S2. The zero-order valence-corrected chi connectivity index (χ0v) is 16.3. The molecule has 2 aliphatic rings. The van der Waals surface area contributed by atoms with E-state index in [-0.39, 0.29) is 6.04 Å². The molecule has 0 bridgehead atoms. The number of piperidine rings is 1. The molecule has 1 aromatic heterocycles. The molecule has 1 atom stereocenters. The Kier molecular flexibility index (Phi) is 5.98. The van der Waals surface area contributed by atoms with Gasteiger partial charge in [-0.15, -0.1) is 11.3 Å². The summed E-state index contributed by atoms with van der Waals surface area (Å²) in [6, 6.07) is 1.97. The van der Waals surface area contributed by atoms with E-state index in [2.05, 4.69) is 4.90 Å². The van der Waals surface area contributed by atoms with Crippen LogP contribution in [0.4, 0.5) is 0 Å². The topological polar surface area (TPSA) is 49.9 Å². The van der Waals surface area contributed by atoms with E-state index >= 15 is 0 Å². The van der Waals surface area contributed by atoms with Crippen molar-refractivity contribution >= 4 is 21.4 Å². The van der Waals surface area contributed by atoms with Gasteiger partial charge in [-0.05, 0) is 45.7 Å². The van der Waals surface area contributed by atoms with E-state index in [1.54, 1.807) is 15.6 Å². The second kappa shape index (κ2) is 7.83. The largest absolute Gasteiger partial charge is 0.379 e. The summed E-state index contributed by atoms with van der Waals surface area (Å²) in [5.41, 5.74) is 0. The summed E-state index contributed by atoms with van der Waals surface area (Å²) in [5, 5.41) is 0. The lowest BCUT2D eigenvalue weighted by atomic mass is 10.0. The first kappa shape index (κ1) is 18.3. The van der Waals surface area contributed by atoms with Crippen molar-refractivity contribution in [1.29, 1.82) is 0 Å². The lowest BCUT2D eigenvalue weighted by Crippen LogP contribution is -2.46. The minimum Gasteiger partial charge on any atom is -0.379 e. The first-order valence-electron chi connectivity index (χ1n) is 8.87. The van der Waals surface area contributed by atoms with Gasteiger partial charge in [0.1, 0.15) is 0 Å². The molecule has 2 aliphatic heterocycles. The molecule has 0 aromatic carbocycles. The number of sulfonamides is 1. The average molecular weight is 373 g/mol. The minimum absolute atomic E-state index is 0.131. The van der Waals surface area contributed by atoms with Gasteiger partial charge in [-0.3, -0.25) is 4.90 Å². The van der Waals surface area contributed by atoms with Crippen molar-refractivity contribution in [2.24, 2.45) is 0 Å². The van der Waals surface area contributed by atoms with E-state index in [1.807, 2.05) is 19.9 Å². The molecule has 2 fully saturated rings. The molecule has 5 nitrogen and oxygen atoms in total. The molecule has 3 heterocycles. The predicted molar refractivity (Wildman–Crippen MR) is 97.2 cm³/mol. The van der Waals surface area contributed by atoms with Crippen LogP contribution in [-0.2, 0) is 14.8 Å². The van der Waals surface area contributed by atoms with E-state index in [1.165, 1.54) is 0 Å². The first-order valence-corrected chi connectivity index (χ1v) is 11.1. The molecule has 0 amide bonds. The molecule has 0 aliphatic carbocycles. The van der Waals surface area contributed by atoms with Crippen LogP contribution in [0.1, 0.15) is 35.4 Å². The van der Waals surface area contributed by atoms with E-state index in [9.17, 15) is 8.42 Å². The summed E-state index contributed by atoms with van der Waals surface area (Å²) >= 11 is 1.57. The van der Waals surface area contributed by atoms with Crippen molar-refractivity contribution in [2.75, 3.05) is 39.4 Å². The summed E-state index contributed by atoms with van der Waals surface area (Å²) < 4.78 is 33.5. The lowest BCUT2D eigenvalue weighted by molar-refractivity contribution is 0.0340. The van der Waals surface area contributed by atoms with Gasteiger partial charge < -0.3 is 4.74 Å². The van der Waals surface area contributed by atoms with Gasteiger partial charge in [0.25, 0.3) is 0 Å². The SMILES string of the molecule is Cc1cc(S(=O)(=O)N2CCCC[C@@H]2CCN2CCOCC2)c(C)s1. The number of thiophene rings is 1. The smallest absolute Gasteiger partial charge is 0.244 e. The number of hydrogen-bond donors (Lipinski definition) is 0. The van der Waals surface area contributed by atoms with Gasteiger partial charge in [-0.25, -0.2) is 8.42 Å². The van der Waals surface area contributed by atoms with Crippen LogP contribution in [0, 0.1) is 13.8 Å². The average Bonchev–Trinajstić information content (AvgIpc) is 2.93. The molecule has 3 rings (SSSR count). The molecule has 1 aromatic rings. The first-order chi connectivity index (χ1) is 11.5. The predicted octanol–water partition coefficient (Wildman–Crippen LogP) is 2.63. The number of aryl methyl sites for hydroxylation is 2. The lowest BCUT2D eigenvalue weighted by Gasteiger charge is -2.36. The van der Waals surface area contributed by atoms with Crippen molar-refractivity contribution in [1.82, 2.24) is 9.21 Å². The second-order valence-electron chi connectivity index (χ2n) is 6.79. The van der Waals surface area contributed by atoms with E-state index in [0.29, 0.717) is 11.4 Å². The zero-order chi connectivity index (χ0) is 17.2. The maximum atomic E-state index is 13.2. The molecule has 136 valence electrons. The molecule has 0 unspecified atom stereocenters. The standard InChI is InChI=1S/C17H28N2O3S2/c1-14-13-17(15(2)23-14)24(20,21)19-7-4-3-5-16(19)6-8-18-9-11-22-12-10-18/h13,16H,3-12H2,1-2H3/t16-/m1/s1. The highest BCUT2D eigenvalue weighted by Gasteiger charge is 2.35. The number of rotatable bonds is 5. The van der Waals surface area contributed by atoms with Crippen LogP contribution in [0.2, 0.25) is 0 Å². The Morgan fingerprint density at radius 1 is 1.21 bits per heavy atom. The van der Waals surface area contributed by atoms with Crippen LogP contribution in [0.5, 0.6) is 0 Å². The maximum Gasteiger partial charge on any atom is 0.244 e. The quantitative estimate of drug-likeness (QED) is 0.797. The van der Waals surface area contributed by atoms with Crippen molar-refractivity contribution in [3.63, 3.8) is 0 Å². The number of nitrogens with zero attached hydrogens (tertiary/aromatic N) is 2. The minimum atomic E-state index is -3.37. The third-order valence-corrected chi connectivity index (χ3v) is 8.21. The van der Waals surface area contributed by atoms with Crippen molar-refractivity contribution < 1.29 is 13.2 Å². The summed E-state index contributed by atoms with van der Waals surface area (Å²) in [6.45, 7) is 9.01. The Morgan fingerprint density at radius 2 is 1.96 bits per heavy atom. The number of ether oxygens (including phenoxy) is 1. The van der Waals surface area contributed by atoms with Gasteiger partial charge in [0.15, 0.2) is 0 Å². The monoisotopic (exact) mass is 372 g/mol. The fraction of sp³-hybridized carbons (Fsp3) is 0.765.